The Balaban J connectivity index is 1.61. The molecule has 0 unspecified atom stereocenters. The normalized spacial score (nSPS) is 14.0. The van der Waals surface area contributed by atoms with E-state index in [-0.39, 0.29) is 6.09 Å². The zero-order valence-corrected chi connectivity index (χ0v) is 14.7. The molecule has 4 heteroatoms. The van der Waals surface area contributed by atoms with Crippen LogP contribution >= 0.6 is 0 Å². The molecule has 1 aliphatic rings. The number of para-hydroxylation sites is 1. The lowest BCUT2D eigenvalue weighted by molar-refractivity contribution is 0.0242. The van der Waals surface area contributed by atoms with Gasteiger partial charge in [0.15, 0.2) is 0 Å². The first-order valence-electron chi connectivity index (χ1n) is 8.47. The monoisotopic (exact) mass is 335 g/mol. The van der Waals surface area contributed by atoms with Crippen LogP contribution in [-0.2, 0) is 17.8 Å². The van der Waals surface area contributed by atoms with Gasteiger partial charge in [-0.15, -0.1) is 0 Å². The van der Waals surface area contributed by atoms with Gasteiger partial charge in [-0.2, -0.15) is 0 Å². The maximum atomic E-state index is 12.3. The highest BCUT2D eigenvalue weighted by atomic mass is 16.6. The van der Waals surface area contributed by atoms with E-state index in [9.17, 15) is 4.79 Å². The minimum Gasteiger partial charge on any atom is -0.464 e. The smallest absolute Gasteiger partial charge is 0.410 e. The number of nitrogens with zero attached hydrogens (tertiary/aromatic N) is 1. The Morgan fingerprint density at radius 2 is 1.84 bits per heavy atom. The average molecular weight is 335 g/mol. The average Bonchev–Trinajstić information content (AvgIpc) is 3.16. The van der Waals surface area contributed by atoms with Gasteiger partial charge in [-0.25, -0.2) is 4.79 Å². The van der Waals surface area contributed by atoms with Crippen molar-refractivity contribution in [1.29, 1.82) is 0 Å². The van der Waals surface area contributed by atoms with Crippen molar-refractivity contribution in [3.63, 3.8) is 0 Å². The van der Waals surface area contributed by atoms with E-state index >= 15 is 0 Å². The number of benzene rings is 2. The molecule has 25 heavy (non-hydrogen) atoms. The van der Waals surface area contributed by atoms with Crippen LogP contribution in [0.2, 0.25) is 0 Å². The number of amides is 1. The van der Waals surface area contributed by atoms with Gasteiger partial charge >= 0.3 is 6.09 Å². The molecule has 0 bridgehead atoms. The number of ether oxygens (including phenoxy) is 1. The fourth-order valence-electron chi connectivity index (χ4n) is 3.22. The van der Waals surface area contributed by atoms with Gasteiger partial charge in [0, 0.05) is 24.0 Å². The van der Waals surface area contributed by atoms with E-state index in [1.807, 2.05) is 39.0 Å². The summed E-state index contributed by atoms with van der Waals surface area (Å²) in [5.74, 6) is 0. The summed E-state index contributed by atoms with van der Waals surface area (Å²) in [6, 6.07) is 14.4. The Hall–Kier alpha value is -2.75. The molecule has 2 heterocycles. The van der Waals surface area contributed by atoms with Crippen LogP contribution in [-0.4, -0.2) is 16.6 Å². The maximum Gasteiger partial charge on any atom is 0.410 e. The fraction of sp³-hybridized carbons (Fsp3) is 0.286. The molecule has 0 atom stereocenters. The van der Waals surface area contributed by atoms with E-state index in [4.69, 9.17) is 9.15 Å². The Kier molecular flexibility index (Phi) is 3.57. The van der Waals surface area contributed by atoms with E-state index in [0.717, 1.165) is 27.7 Å². The molecule has 0 spiro atoms. The summed E-state index contributed by atoms with van der Waals surface area (Å²) in [5.41, 5.74) is 4.92. The molecule has 0 radical (unpaired) electrons. The Labute approximate surface area is 147 Å². The van der Waals surface area contributed by atoms with Gasteiger partial charge in [-0.1, -0.05) is 30.3 Å². The lowest BCUT2D eigenvalue weighted by Crippen LogP contribution is -2.33. The van der Waals surface area contributed by atoms with Gasteiger partial charge in [0.1, 0.15) is 11.2 Å². The van der Waals surface area contributed by atoms with E-state index < -0.39 is 5.60 Å². The van der Waals surface area contributed by atoms with E-state index in [1.165, 1.54) is 5.56 Å². The van der Waals surface area contributed by atoms with E-state index in [2.05, 4.69) is 24.3 Å². The molecule has 1 aromatic heterocycles. The highest BCUT2D eigenvalue weighted by Crippen LogP contribution is 2.34. The molecule has 0 saturated carbocycles. The third-order valence-corrected chi connectivity index (χ3v) is 4.37. The number of carbonyl (C=O) groups is 1. The molecule has 1 amide bonds. The molecular weight excluding hydrogens is 314 g/mol. The molecule has 128 valence electrons. The molecule has 3 aromatic rings. The third kappa shape index (κ3) is 3.00. The van der Waals surface area contributed by atoms with Crippen LogP contribution in [0.25, 0.3) is 22.1 Å². The summed E-state index contributed by atoms with van der Waals surface area (Å²) in [4.78, 5) is 14.0. The summed E-state index contributed by atoms with van der Waals surface area (Å²) in [6.45, 7) is 6.83. The Bertz CT molecular complexity index is 949. The molecular formula is C21H21NO3. The van der Waals surface area contributed by atoms with Crippen LogP contribution in [0.1, 0.15) is 31.9 Å². The van der Waals surface area contributed by atoms with Crippen molar-refractivity contribution in [2.75, 3.05) is 0 Å². The third-order valence-electron chi connectivity index (χ3n) is 4.37. The van der Waals surface area contributed by atoms with Gasteiger partial charge in [0.2, 0.25) is 0 Å². The molecule has 0 aliphatic carbocycles. The van der Waals surface area contributed by atoms with Crippen LogP contribution in [0.5, 0.6) is 0 Å². The topological polar surface area (TPSA) is 42.7 Å². The summed E-state index contributed by atoms with van der Waals surface area (Å²) in [5, 5.41) is 1.10. The molecule has 0 fully saturated rings. The van der Waals surface area contributed by atoms with Gasteiger partial charge in [0.25, 0.3) is 0 Å². The number of rotatable bonds is 1. The quantitative estimate of drug-likeness (QED) is 0.602. The van der Waals surface area contributed by atoms with E-state index in [0.29, 0.717) is 13.1 Å². The molecule has 1 aliphatic heterocycles. The predicted molar refractivity (Wildman–Crippen MR) is 97.1 cm³/mol. The molecule has 4 rings (SSSR count). The van der Waals surface area contributed by atoms with Crippen LogP contribution < -0.4 is 0 Å². The Morgan fingerprint density at radius 3 is 2.64 bits per heavy atom. The Morgan fingerprint density at radius 1 is 1.08 bits per heavy atom. The standard InChI is InChI=1S/C21H21NO3/c1-21(2,3)25-20(23)22-11-15-9-8-14(10-16(15)12-22)18-13-24-19-7-5-4-6-17(18)19/h4-10,13H,11-12H2,1-3H3. The molecule has 0 N–H and O–H groups in total. The van der Waals surface area contributed by atoms with Crippen molar-refractivity contribution in [3.8, 4) is 11.1 Å². The number of carbonyl (C=O) groups excluding carboxylic acids is 1. The van der Waals surface area contributed by atoms with Crippen molar-refractivity contribution >= 4 is 17.1 Å². The first-order valence-corrected chi connectivity index (χ1v) is 8.47. The lowest BCUT2D eigenvalue weighted by Gasteiger charge is -2.24. The van der Waals surface area contributed by atoms with Crippen molar-refractivity contribution in [2.45, 2.75) is 39.5 Å². The summed E-state index contributed by atoms with van der Waals surface area (Å²) < 4.78 is 11.1. The minimum atomic E-state index is -0.479. The largest absolute Gasteiger partial charge is 0.464 e. The van der Waals surface area contributed by atoms with Crippen LogP contribution in [0.15, 0.2) is 53.1 Å². The summed E-state index contributed by atoms with van der Waals surface area (Å²) >= 11 is 0. The summed E-state index contributed by atoms with van der Waals surface area (Å²) in [7, 11) is 0. The van der Waals surface area contributed by atoms with Crippen LogP contribution in [0, 0.1) is 0 Å². The first-order chi connectivity index (χ1) is 11.9. The zero-order chi connectivity index (χ0) is 17.6. The van der Waals surface area contributed by atoms with Crippen LogP contribution in [0.4, 0.5) is 4.79 Å². The highest BCUT2D eigenvalue weighted by Gasteiger charge is 2.28. The van der Waals surface area contributed by atoms with Crippen molar-refractivity contribution in [1.82, 2.24) is 4.90 Å². The SMILES string of the molecule is CC(C)(C)OC(=O)N1Cc2ccc(-c3coc4ccccc34)cc2C1. The number of fused-ring (bicyclic) bond motifs is 2. The highest BCUT2D eigenvalue weighted by molar-refractivity contribution is 5.94. The molecule has 2 aromatic carbocycles. The summed E-state index contributed by atoms with van der Waals surface area (Å²) in [6.07, 6.45) is 1.53. The maximum absolute atomic E-state index is 12.3. The second-order valence-corrected chi connectivity index (χ2v) is 7.47. The van der Waals surface area contributed by atoms with Gasteiger partial charge in [-0.3, -0.25) is 4.90 Å². The van der Waals surface area contributed by atoms with E-state index in [1.54, 1.807) is 11.2 Å². The second-order valence-electron chi connectivity index (χ2n) is 7.47. The minimum absolute atomic E-state index is 0.265. The van der Waals surface area contributed by atoms with Crippen molar-refractivity contribution < 1.29 is 13.9 Å². The zero-order valence-electron chi connectivity index (χ0n) is 14.7. The van der Waals surface area contributed by atoms with Gasteiger partial charge < -0.3 is 9.15 Å². The van der Waals surface area contributed by atoms with Gasteiger partial charge in [-0.05, 0) is 49.6 Å². The molecule has 0 saturated heterocycles. The number of hydrogen-bond acceptors (Lipinski definition) is 3. The van der Waals surface area contributed by atoms with Crippen LogP contribution in [0.3, 0.4) is 0 Å². The predicted octanol–water partition coefficient (Wildman–Crippen LogP) is 5.35. The number of hydrogen-bond donors (Lipinski definition) is 0. The lowest BCUT2D eigenvalue weighted by atomic mass is 10.0. The van der Waals surface area contributed by atoms with Crippen molar-refractivity contribution in [2.24, 2.45) is 0 Å². The van der Waals surface area contributed by atoms with Gasteiger partial charge in [0.05, 0.1) is 6.26 Å². The number of furan rings is 1. The molecule has 4 nitrogen and oxygen atoms in total. The van der Waals surface area contributed by atoms with Crippen molar-refractivity contribution in [3.05, 3.63) is 59.9 Å². The first kappa shape index (κ1) is 15.8. The second kappa shape index (κ2) is 5.66. The fourth-order valence-corrected chi connectivity index (χ4v) is 3.22.